The van der Waals surface area contributed by atoms with E-state index >= 15 is 0 Å². The van der Waals surface area contributed by atoms with E-state index in [1.54, 1.807) is 12.1 Å². The summed E-state index contributed by atoms with van der Waals surface area (Å²) in [6, 6.07) is 5.69. The van der Waals surface area contributed by atoms with Gasteiger partial charge < -0.3 is 20.1 Å². The van der Waals surface area contributed by atoms with Crippen LogP contribution in [-0.4, -0.2) is 25.2 Å². The summed E-state index contributed by atoms with van der Waals surface area (Å²) in [6.45, 7) is 0.662. The summed E-state index contributed by atoms with van der Waals surface area (Å²) in [4.78, 5) is 23.4. The molecule has 22 heavy (non-hydrogen) atoms. The molecule has 1 rings (SSSR count). The Morgan fingerprint density at radius 2 is 1.64 bits per heavy atom. The molecular weight excluding hydrogens is 315 g/mol. The Kier molecular flexibility index (Phi) is 9.41. The number of esters is 2. The number of benzene rings is 1. The fraction of sp³-hybridized carbons (Fsp3) is 0.231. The molecule has 1 aromatic carbocycles. The Morgan fingerprint density at radius 3 is 2.09 bits per heavy atom. The van der Waals surface area contributed by atoms with Gasteiger partial charge in [0.1, 0.15) is 12.1 Å². The standard InChI is InChI=1S/C13H9N4O4.K/c1-8-6-10(13(19)21-5-3-15)11(17-16)7-9(8)12(18)20-4-2-14;/h6-7H,4-5H2,1H3;/q-1;+1. The Balaban J connectivity index is 0.00000441. The molecule has 0 spiro atoms. The minimum absolute atomic E-state index is 0. The summed E-state index contributed by atoms with van der Waals surface area (Å²) >= 11 is 0. The van der Waals surface area contributed by atoms with Crippen LogP contribution in [0.2, 0.25) is 0 Å². The van der Waals surface area contributed by atoms with Crippen molar-refractivity contribution in [3.8, 4) is 12.1 Å². The Hall–Kier alpha value is -1.62. The first-order chi connectivity index (χ1) is 10.0. The zero-order chi connectivity index (χ0) is 15.8. The van der Waals surface area contributed by atoms with Crippen molar-refractivity contribution in [1.82, 2.24) is 0 Å². The number of nitriles is 2. The summed E-state index contributed by atoms with van der Waals surface area (Å²) < 4.78 is 9.25. The normalized spacial score (nSPS) is 8.68. The molecule has 0 fully saturated rings. The topological polar surface area (TPSA) is 135 Å². The molecule has 0 aliphatic heterocycles. The van der Waals surface area contributed by atoms with E-state index in [1.807, 2.05) is 0 Å². The zero-order valence-corrected chi connectivity index (χ0v) is 15.1. The number of rotatable bonds is 5. The average Bonchev–Trinajstić information content (AvgIpc) is 2.49. The SMILES string of the molecule is Cc1cc(C(=O)OCC#N)c(N=[N-])cc1C(=O)OCC#N.[K+]. The molecule has 0 bridgehead atoms. The molecule has 0 saturated heterocycles. The summed E-state index contributed by atoms with van der Waals surface area (Å²) in [6.07, 6.45) is 0. The van der Waals surface area contributed by atoms with Crippen molar-refractivity contribution in [2.45, 2.75) is 6.92 Å². The van der Waals surface area contributed by atoms with Gasteiger partial charge in [0, 0.05) is 0 Å². The van der Waals surface area contributed by atoms with E-state index in [0.717, 1.165) is 6.07 Å². The molecule has 9 heteroatoms. The quantitative estimate of drug-likeness (QED) is 0.388. The molecule has 0 unspecified atom stereocenters. The predicted octanol–water partition coefficient (Wildman–Crippen LogP) is -0.987. The zero-order valence-electron chi connectivity index (χ0n) is 12.0. The van der Waals surface area contributed by atoms with Crippen LogP contribution in [0.3, 0.4) is 0 Å². The van der Waals surface area contributed by atoms with Gasteiger partial charge in [0.05, 0.1) is 16.8 Å². The number of hydrogen-bond donors (Lipinski definition) is 0. The van der Waals surface area contributed by atoms with Crippen LogP contribution in [0.25, 0.3) is 5.53 Å². The number of carbonyl (C=O) groups excluding carboxylic acids is 2. The fourth-order valence-corrected chi connectivity index (χ4v) is 1.51. The molecule has 0 heterocycles. The first-order valence-corrected chi connectivity index (χ1v) is 5.63. The first-order valence-electron chi connectivity index (χ1n) is 5.63. The summed E-state index contributed by atoms with van der Waals surface area (Å²) in [5, 5.41) is 19.6. The number of nitrogens with zero attached hydrogens (tertiary/aromatic N) is 4. The molecule has 0 aromatic heterocycles. The predicted molar refractivity (Wildman–Crippen MR) is 68.4 cm³/mol. The summed E-state index contributed by atoms with van der Waals surface area (Å²) in [5.41, 5.74) is 9.04. The van der Waals surface area contributed by atoms with Crippen LogP contribution in [0.4, 0.5) is 5.69 Å². The number of hydrogen-bond acceptors (Lipinski definition) is 7. The van der Waals surface area contributed by atoms with Crippen LogP contribution in [0.1, 0.15) is 26.3 Å². The van der Waals surface area contributed by atoms with Crippen LogP contribution in [0.5, 0.6) is 0 Å². The Morgan fingerprint density at radius 1 is 1.14 bits per heavy atom. The van der Waals surface area contributed by atoms with Gasteiger partial charge in [-0.15, -0.1) is 0 Å². The monoisotopic (exact) mass is 324 g/mol. The third-order valence-electron chi connectivity index (χ3n) is 2.43. The van der Waals surface area contributed by atoms with Gasteiger partial charge in [-0.1, -0.05) is 0 Å². The maximum atomic E-state index is 11.7. The van der Waals surface area contributed by atoms with Crippen molar-refractivity contribution in [2.24, 2.45) is 5.11 Å². The van der Waals surface area contributed by atoms with Crippen LogP contribution in [0.15, 0.2) is 17.2 Å². The van der Waals surface area contributed by atoms with Gasteiger partial charge in [0.25, 0.3) is 0 Å². The third-order valence-corrected chi connectivity index (χ3v) is 2.43. The van der Waals surface area contributed by atoms with E-state index in [4.69, 9.17) is 16.1 Å². The molecular formula is C13H9KN4O4. The maximum Gasteiger partial charge on any atom is 1.00 e. The molecule has 0 amide bonds. The molecule has 0 saturated carbocycles. The average molecular weight is 324 g/mol. The van der Waals surface area contributed by atoms with Gasteiger partial charge in [0.15, 0.2) is 13.2 Å². The van der Waals surface area contributed by atoms with Crippen LogP contribution in [-0.2, 0) is 9.47 Å². The molecule has 1 aromatic rings. The number of aryl methyl sites for hydroxylation is 1. The van der Waals surface area contributed by atoms with Crippen molar-refractivity contribution in [3.05, 3.63) is 34.4 Å². The smallest absolute Gasteiger partial charge is 0.706 e. The van der Waals surface area contributed by atoms with E-state index in [-0.39, 0.29) is 68.2 Å². The van der Waals surface area contributed by atoms with E-state index in [9.17, 15) is 9.59 Å². The van der Waals surface area contributed by atoms with Crippen molar-refractivity contribution in [2.75, 3.05) is 13.2 Å². The second kappa shape index (κ2) is 10.2. The molecule has 0 aliphatic rings. The molecule has 8 nitrogen and oxygen atoms in total. The van der Waals surface area contributed by atoms with Gasteiger partial charge in [-0.25, -0.2) is 9.59 Å². The molecule has 0 radical (unpaired) electrons. The summed E-state index contributed by atoms with van der Waals surface area (Å²) in [5.74, 6) is -1.64. The van der Waals surface area contributed by atoms with Crippen molar-refractivity contribution in [3.63, 3.8) is 0 Å². The van der Waals surface area contributed by atoms with Crippen molar-refractivity contribution >= 4 is 17.6 Å². The van der Waals surface area contributed by atoms with E-state index in [2.05, 4.69) is 14.6 Å². The van der Waals surface area contributed by atoms with E-state index < -0.39 is 25.2 Å². The number of ether oxygens (including phenoxy) is 2. The summed E-state index contributed by atoms with van der Waals surface area (Å²) in [7, 11) is 0. The second-order valence-corrected chi connectivity index (χ2v) is 3.75. The molecule has 0 N–H and O–H groups in total. The van der Waals surface area contributed by atoms with Gasteiger partial charge in [-0.2, -0.15) is 10.5 Å². The Bertz CT molecular complexity index is 676. The minimum atomic E-state index is -0.857. The van der Waals surface area contributed by atoms with E-state index in [1.165, 1.54) is 13.0 Å². The number of carbonyl (C=O) groups is 2. The third kappa shape index (κ3) is 5.29. The largest absolute Gasteiger partial charge is 1.00 e. The first kappa shape index (κ1) is 20.4. The van der Waals surface area contributed by atoms with Gasteiger partial charge in [-0.05, 0) is 24.6 Å². The van der Waals surface area contributed by atoms with Crippen LogP contribution in [0, 0.1) is 29.6 Å². The molecule has 0 aliphatic carbocycles. The maximum absolute atomic E-state index is 11.7. The van der Waals surface area contributed by atoms with Crippen LogP contribution >= 0.6 is 0 Å². The van der Waals surface area contributed by atoms with Crippen molar-refractivity contribution < 1.29 is 70.4 Å². The van der Waals surface area contributed by atoms with E-state index in [0.29, 0.717) is 5.56 Å². The molecule has 0 atom stereocenters. The fourth-order valence-electron chi connectivity index (χ4n) is 1.51. The minimum Gasteiger partial charge on any atom is -0.706 e. The van der Waals surface area contributed by atoms with Crippen LogP contribution < -0.4 is 51.4 Å². The molecule has 106 valence electrons. The Labute approximate surface area is 168 Å². The van der Waals surface area contributed by atoms with Gasteiger partial charge in [0.2, 0.25) is 0 Å². The van der Waals surface area contributed by atoms with Gasteiger partial charge in [-0.3, -0.25) is 0 Å². The van der Waals surface area contributed by atoms with Crippen molar-refractivity contribution in [1.29, 1.82) is 10.5 Å². The van der Waals surface area contributed by atoms with Gasteiger partial charge >= 0.3 is 63.3 Å². The second-order valence-electron chi connectivity index (χ2n) is 3.75.